The molecule has 1 aromatic carbocycles. The first-order valence-electron chi connectivity index (χ1n) is 11.5. The van der Waals surface area contributed by atoms with Gasteiger partial charge in [-0.3, -0.25) is 14.9 Å². The van der Waals surface area contributed by atoms with Gasteiger partial charge >= 0.3 is 0 Å². The predicted molar refractivity (Wildman–Crippen MR) is 128 cm³/mol. The number of nitro benzene ring substituents is 1. The molecule has 0 radical (unpaired) electrons. The van der Waals surface area contributed by atoms with Crippen LogP contribution in [-0.2, 0) is 14.8 Å². The number of hydrogen-bond donors (Lipinski definition) is 1. The monoisotopic (exact) mass is 487 g/mol. The Kier molecular flexibility index (Phi) is 7.13. The lowest BCUT2D eigenvalue weighted by molar-refractivity contribution is -0.384. The van der Waals surface area contributed by atoms with Gasteiger partial charge in [0.25, 0.3) is 5.69 Å². The third-order valence-electron chi connectivity index (χ3n) is 6.47. The Balaban J connectivity index is 1.46. The molecule has 2 fully saturated rings. The van der Waals surface area contributed by atoms with Crippen LogP contribution in [0.25, 0.3) is 0 Å². The minimum absolute atomic E-state index is 0.0511. The number of hydrogen-bond acceptors (Lipinski definition) is 7. The molecule has 4 rings (SSSR count). The summed E-state index contributed by atoms with van der Waals surface area (Å²) in [7, 11) is -3.77. The summed E-state index contributed by atoms with van der Waals surface area (Å²) in [6.07, 6.45) is 5.28. The molecule has 2 saturated heterocycles. The normalized spacial score (nSPS) is 18.0. The van der Waals surface area contributed by atoms with Crippen LogP contribution in [0.2, 0.25) is 0 Å². The third kappa shape index (κ3) is 5.20. The number of pyridine rings is 1. The molecule has 34 heavy (non-hydrogen) atoms. The van der Waals surface area contributed by atoms with Crippen LogP contribution >= 0.6 is 0 Å². The van der Waals surface area contributed by atoms with E-state index in [0.717, 1.165) is 24.8 Å². The summed E-state index contributed by atoms with van der Waals surface area (Å²) in [6, 6.07) is 7.79. The number of carbonyl (C=O) groups excluding carboxylic acids is 1. The fraction of sp³-hybridized carbons (Fsp3) is 0.478. The smallest absolute Gasteiger partial charge is 0.293 e. The number of carbonyl (C=O) groups is 1. The van der Waals surface area contributed by atoms with Crippen molar-refractivity contribution in [1.29, 1.82) is 0 Å². The summed E-state index contributed by atoms with van der Waals surface area (Å²) in [5.41, 5.74) is 1.14. The molecule has 1 N–H and O–H groups in total. The summed E-state index contributed by atoms with van der Waals surface area (Å²) in [5, 5.41) is 14.7. The van der Waals surface area contributed by atoms with E-state index in [1.165, 1.54) is 22.5 Å². The lowest BCUT2D eigenvalue weighted by atomic mass is 9.95. The molecule has 2 aliphatic rings. The Bertz CT molecular complexity index is 1170. The number of nitrogens with one attached hydrogen (secondary N) is 1. The van der Waals surface area contributed by atoms with Gasteiger partial charge in [-0.25, -0.2) is 13.4 Å². The van der Waals surface area contributed by atoms with Crippen molar-refractivity contribution >= 4 is 33.1 Å². The largest absolute Gasteiger partial charge is 0.366 e. The molecule has 10 nitrogen and oxygen atoms in total. The van der Waals surface area contributed by atoms with Crippen molar-refractivity contribution < 1.29 is 18.1 Å². The Hall–Kier alpha value is -3.05. The van der Waals surface area contributed by atoms with Crippen LogP contribution in [0.3, 0.4) is 0 Å². The number of piperidine rings is 2. The van der Waals surface area contributed by atoms with Gasteiger partial charge in [-0.05, 0) is 62.4 Å². The number of nitro groups is 1. The molecular formula is C23H29N5O5S. The molecule has 0 saturated carbocycles. The van der Waals surface area contributed by atoms with Crippen molar-refractivity contribution in [3.8, 4) is 0 Å². The highest BCUT2D eigenvalue weighted by Crippen LogP contribution is 2.35. The highest BCUT2D eigenvalue weighted by atomic mass is 32.2. The average Bonchev–Trinajstić information content (AvgIpc) is 2.84. The van der Waals surface area contributed by atoms with Crippen LogP contribution in [0.5, 0.6) is 0 Å². The summed E-state index contributed by atoms with van der Waals surface area (Å²) in [6.45, 7) is 3.71. The van der Waals surface area contributed by atoms with Crippen molar-refractivity contribution in [2.75, 3.05) is 36.4 Å². The van der Waals surface area contributed by atoms with E-state index in [2.05, 4.69) is 10.3 Å². The number of rotatable bonds is 6. The Labute approximate surface area is 199 Å². The molecule has 1 aromatic heterocycles. The van der Waals surface area contributed by atoms with Crippen LogP contribution < -0.4 is 10.2 Å². The molecule has 0 atom stereocenters. The van der Waals surface area contributed by atoms with Gasteiger partial charge in [-0.1, -0.05) is 6.42 Å². The quantitative estimate of drug-likeness (QED) is 0.489. The van der Waals surface area contributed by atoms with Gasteiger partial charge in [-0.2, -0.15) is 4.31 Å². The minimum Gasteiger partial charge on any atom is -0.366 e. The fourth-order valence-electron chi connectivity index (χ4n) is 4.55. The Morgan fingerprint density at radius 1 is 1.09 bits per heavy atom. The first kappa shape index (κ1) is 24.1. The number of sulfonamides is 1. The van der Waals surface area contributed by atoms with E-state index in [0.29, 0.717) is 50.5 Å². The number of aryl methyl sites for hydroxylation is 1. The zero-order chi connectivity index (χ0) is 24.3. The molecule has 0 unspecified atom stereocenters. The lowest BCUT2D eigenvalue weighted by Gasteiger charge is -2.32. The number of anilines is 2. The maximum absolute atomic E-state index is 13.0. The van der Waals surface area contributed by atoms with Crippen LogP contribution in [0.1, 0.15) is 37.7 Å². The first-order chi connectivity index (χ1) is 16.3. The van der Waals surface area contributed by atoms with Crippen LogP contribution in [-0.4, -0.2) is 54.7 Å². The molecule has 2 aliphatic heterocycles. The predicted octanol–water partition coefficient (Wildman–Crippen LogP) is 3.33. The van der Waals surface area contributed by atoms with Gasteiger partial charge in [-0.15, -0.1) is 0 Å². The molecule has 0 spiro atoms. The summed E-state index contributed by atoms with van der Waals surface area (Å²) >= 11 is 0. The molecular weight excluding hydrogens is 458 g/mol. The first-order valence-corrected chi connectivity index (χ1v) is 13.0. The van der Waals surface area contributed by atoms with E-state index in [1.807, 2.05) is 17.9 Å². The summed E-state index contributed by atoms with van der Waals surface area (Å²) in [4.78, 5) is 29.9. The van der Waals surface area contributed by atoms with Gasteiger partial charge in [0.05, 0.1) is 9.82 Å². The second kappa shape index (κ2) is 10.1. The van der Waals surface area contributed by atoms with Crippen molar-refractivity contribution in [3.63, 3.8) is 0 Å². The van der Waals surface area contributed by atoms with Crippen molar-refractivity contribution in [1.82, 2.24) is 9.29 Å². The van der Waals surface area contributed by atoms with Crippen LogP contribution in [0.15, 0.2) is 41.4 Å². The van der Waals surface area contributed by atoms with E-state index in [-0.39, 0.29) is 22.4 Å². The van der Waals surface area contributed by atoms with Crippen LogP contribution in [0, 0.1) is 23.0 Å². The number of benzene rings is 1. The van der Waals surface area contributed by atoms with E-state index >= 15 is 0 Å². The number of nitrogens with zero attached hydrogens (tertiary/aromatic N) is 4. The molecule has 1 amide bonds. The topological polar surface area (TPSA) is 126 Å². The fourth-order valence-corrected chi connectivity index (χ4v) is 6.08. The molecule has 11 heteroatoms. The van der Waals surface area contributed by atoms with Crippen molar-refractivity contribution in [3.05, 3.63) is 52.2 Å². The van der Waals surface area contributed by atoms with E-state index < -0.39 is 14.9 Å². The van der Waals surface area contributed by atoms with Gasteiger partial charge in [0.15, 0.2) is 0 Å². The SMILES string of the molecule is Cc1ccnc(NC(=O)C2CCN(c3ccc(S(=O)(=O)N4CCCCC4)cc3[N+](=O)[O-])CC2)c1. The third-order valence-corrected chi connectivity index (χ3v) is 8.36. The van der Waals surface area contributed by atoms with Crippen molar-refractivity contribution in [2.24, 2.45) is 5.92 Å². The molecule has 0 bridgehead atoms. The Morgan fingerprint density at radius 2 is 1.79 bits per heavy atom. The molecule has 0 aliphatic carbocycles. The number of amides is 1. The van der Waals surface area contributed by atoms with Crippen LogP contribution in [0.4, 0.5) is 17.2 Å². The summed E-state index contributed by atoms with van der Waals surface area (Å²) < 4.78 is 27.4. The van der Waals surface area contributed by atoms with Gasteiger partial charge in [0.2, 0.25) is 15.9 Å². The number of aromatic nitrogens is 1. The van der Waals surface area contributed by atoms with E-state index in [1.54, 1.807) is 12.3 Å². The minimum atomic E-state index is -3.77. The Morgan fingerprint density at radius 3 is 2.44 bits per heavy atom. The van der Waals surface area contributed by atoms with Gasteiger partial charge in [0, 0.05) is 44.4 Å². The second-order valence-corrected chi connectivity index (χ2v) is 10.8. The molecule has 2 aromatic rings. The van der Waals surface area contributed by atoms with E-state index in [4.69, 9.17) is 0 Å². The van der Waals surface area contributed by atoms with Gasteiger partial charge < -0.3 is 10.2 Å². The highest BCUT2D eigenvalue weighted by molar-refractivity contribution is 7.89. The maximum Gasteiger partial charge on any atom is 0.293 e. The average molecular weight is 488 g/mol. The standard InChI is InChI=1S/C23H29N5O5S/c1-17-7-10-24-22(15-17)25-23(29)18-8-13-26(14-9-18)20-6-5-19(16-21(20)28(30)31)34(32,33)27-11-3-2-4-12-27/h5-7,10,15-16,18H,2-4,8-9,11-14H2,1H3,(H,24,25,29). The maximum atomic E-state index is 13.0. The molecule has 3 heterocycles. The lowest BCUT2D eigenvalue weighted by Crippen LogP contribution is -2.38. The highest BCUT2D eigenvalue weighted by Gasteiger charge is 2.32. The van der Waals surface area contributed by atoms with E-state index in [9.17, 15) is 23.3 Å². The van der Waals surface area contributed by atoms with Crippen molar-refractivity contribution in [2.45, 2.75) is 43.9 Å². The zero-order valence-electron chi connectivity index (χ0n) is 19.1. The molecule has 182 valence electrons. The van der Waals surface area contributed by atoms with Gasteiger partial charge in [0.1, 0.15) is 11.5 Å². The zero-order valence-corrected chi connectivity index (χ0v) is 20.0. The summed E-state index contributed by atoms with van der Waals surface area (Å²) in [5.74, 6) is 0.167. The second-order valence-electron chi connectivity index (χ2n) is 8.84.